The van der Waals surface area contributed by atoms with E-state index in [0.717, 1.165) is 22.3 Å². The van der Waals surface area contributed by atoms with Crippen LogP contribution in [0.2, 0.25) is 5.02 Å². The van der Waals surface area contributed by atoms with Crippen LogP contribution < -0.4 is 19.3 Å². The number of imide groups is 1. The van der Waals surface area contributed by atoms with E-state index in [1.165, 1.54) is 16.9 Å². The quantitative estimate of drug-likeness (QED) is 0.152. The Morgan fingerprint density at radius 2 is 1.37 bits per heavy atom. The highest BCUT2D eigenvalue weighted by atomic mass is 35.5. The molecular weight excluding hydrogens is 604 g/mol. The van der Waals surface area contributed by atoms with Gasteiger partial charge in [0.2, 0.25) is 17.7 Å². The predicted octanol–water partition coefficient (Wildman–Crippen LogP) is 6.01. The van der Waals surface area contributed by atoms with E-state index in [2.05, 4.69) is 24.3 Å². The summed E-state index contributed by atoms with van der Waals surface area (Å²) in [5, 5.41) is 0.445. The van der Waals surface area contributed by atoms with Crippen molar-refractivity contribution in [1.29, 1.82) is 0 Å². The number of amides is 3. The van der Waals surface area contributed by atoms with Crippen molar-refractivity contribution >= 4 is 46.7 Å². The second kappa shape index (κ2) is 10.6. The molecule has 3 aliphatic carbocycles. The minimum atomic E-state index is -0.695. The summed E-state index contributed by atoms with van der Waals surface area (Å²) in [6, 6.07) is 26.2. The fourth-order valence-corrected chi connectivity index (χ4v) is 8.20. The van der Waals surface area contributed by atoms with Gasteiger partial charge >= 0.3 is 5.97 Å². The van der Waals surface area contributed by atoms with Gasteiger partial charge in [-0.3, -0.25) is 19.2 Å². The van der Waals surface area contributed by atoms with Crippen LogP contribution >= 0.6 is 11.6 Å². The summed E-state index contributed by atoms with van der Waals surface area (Å²) < 4.78 is 11.1. The third kappa shape index (κ3) is 4.13. The van der Waals surface area contributed by atoms with Crippen LogP contribution in [-0.2, 0) is 19.2 Å². The number of carbonyl (C=O) groups excluding carboxylic acids is 4. The standard InChI is InChI=1S/C37H29ClN2O6/c1-19-15-22(46-37(44)20-16-30(41)39(18-20)28-17-21(38)11-14-29(28)45-2)12-13-27(19)40-35(42)33-31-23-7-3-4-8-24(23)32(34(33)36(40)43)26-10-6-5-9-25(26)31/h3-15,17,20,31-34H,16,18H2,1-2H3/t20-,31?,32?,33-,34+/m0/s1. The van der Waals surface area contributed by atoms with Crippen LogP contribution in [0.5, 0.6) is 11.5 Å². The first-order valence-electron chi connectivity index (χ1n) is 15.3. The molecule has 2 heterocycles. The van der Waals surface area contributed by atoms with Gasteiger partial charge in [-0.15, -0.1) is 0 Å². The largest absolute Gasteiger partial charge is 0.495 e. The maximum Gasteiger partial charge on any atom is 0.316 e. The molecule has 46 heavy (non-hydrogen) atoms. The lowest BCUT2D eigenvalue weighted by molar-refractivity contribution is -0.139. The van der Waals surface area contributed by atoms with E-state index in [4.69, 9.17) is 21.1 Å². The van der Waals surface area contributed by atoms with Crippen LogP contribution in [0.1, 0.15) is 46.1 Å². The molecule has 230 valence electrons. The van der Waals surface area contributed by atoms with Crippen LogP contribution in [0.3, 0.4) is 0 Å². The Balaban J connectivity index is 1.04. The molecule has 2 fully saturated rings. The monoisotopic (exact) mass is 632 g/mol. The van der Waals surface area contributed by atoms with Gasteiger partial charge in [-0.25, -0.2) is 4.90 Å². The number of methoxy groups -OCH3 is 1. The normalized spacial score (nSPS) is 24.2. The van der Waals surface area contributed by atoms with Crippen LogP contribution in [0.25, 0.3) is 0 Å². The average Bonchev–Trinajstić information content (AvgIpc) is 3.58. The molecule has 0 radical (unpaired) electrons. The summed E-state index contributed by atoms with van der Waals surface area (Å²) >= 11 is 6.16. The Bertz CT molecular complexity index is 1870. The molecule has 4 aromatic rings. The lowest BCUT2D eigenvalue weighted by Gasteiger charge is -2.45. The highest BCUT2D eigenvalue weighted by Gasteiger charge is 2.61. The van der Waals surface area contributed by atoms with E-state index >= 15 is 0 Å². The zero-order valence-electron chi connectivity index (χ0n) is 25.1. The summed E-state index contributed by atoms with van der Waals surface area (Å²) in [7, 11) is 1.50. The Hall–Kier alpha value is -4.95. The van der Waals surface area contributed by atoms with E-state index in [9.17, 15) is 19.2 Å². The van der Waals surface area contributed by atoms with Crippen molar-refractivity contribution in [2.24, 2.45) is 17.8 Å². The molecule has 2 aliphatic heterocycles. The second-order valence-electron chi connectivity index (χ2n) is 12.4. The van der Waals surface area contributed by atoms with Gasteiger partial charge in [0.05, 0.1) is 36.2 Å². The number of nitrogens with zero attached hydrogens (tertiary/aromatic N) is 2. The van der Waals surface area contributed by atoms with Crippen molar-refractivity contribution < 1.29 is 28.7 Å². The van der Waals surface area contributed by atoms with Crippen molar-refractivity contribution in [3.8, 4) is 11.5 Å². The SMILES string of the molecule is COc1ccc(Cl)cc1N1C[C@@H](C(=O)Oc2ccc(N3C(=O)[C@@H]4C5c6ccccc6C(c6ccccc65)[C@@H]4C3=O)c(C)c2)CC1=O. The van der Waals surface area contributed by atoms with Crippen LogP contribution in [0, 0.1) is 24.7 Å². The minimum absolute atomic E-state index is 0.0156. The second-order valence-corrected chi connectivity index (χ2v) is 12.8. The average molecular weight is 633 g/mol. The Kier molecular flexibility index (Phi) is 6.55. The lowest BCUT2D eigenvalue weighted by atomic mass is 9.55. The third-order valence-corrected chi connectivity index (χ3v) is 10.2. The van der Waals surface area contributed by atoms with Gasteiger partial charge in [0, 0.05) is 29.8 Å². The van der Waals surface area contributed by atoms with E-state index in [1.54, 1.807) is 43.3 Å². The predicted molar refractivity (Wildman–Crippen MR) is 171 cm³/mol. The third-order valence-electron chi connectivity index (χ3n) is 9.97. The molecule has 2 saturated heterocycles. The number of esters is 1. The fourth-order valence-electron chi connectivity index (χ4n) is 8.03. The minimum Gasteiger partial charge on any atom is -0.495 e. The molecule has 5 aliphatic rings. The van der Waals surface area contributed by atoms with E-state index in [1.807, 2.05) is 24.3 Å². The van der Waals surface area contributed by atoms with Gasteiger partial charge in [-0.05, 0) is 71.1 Å². The molecule has 0 spiro atoms. The molecule has 0 saturated carbocycles. The Morgan fingerprint density at radius 1 is 0.783 bits per heavy atom. The van der Waals surface area contributed by atoms with Gasteiger partial charge in [0.1, 0.15) is 11.5 Å². The zero-order valence-corrected chi connectivity index (χ0v) is 25.9. The first-order chi connectivity index (χ1) is 22.3. The van der Waals surface area contributed by atoms with Gasteiger partial charge in [0.25, 0.3) is 0 Å². The fraction of sp³-hybridized carbons (Fsp3) is 0.243. The molecule has 8 nitrogen and oxygen atoms in total. The topological polar surface area (TPSA) is 93.2 Å². The molecule has 0 aromatic heterocycles. The molecule has 0 unspecified atom stereocenters. The van der Waals surface area contributed by atoms with Crippen molar-refractivity contribution in [2.75, 3.05) is 23.5 Å². The molecular formula is C37H29ClN2O6. The maximum atomic E-state index is 14.2. The molecule has 9 rings (SSSR count). The van der Waals surface area contributed by atoms with E-state index in [-0.39, 0.29) is 48.3 Å². The number of hydrogen-bond donors (Lipinski definition) is 0. The molecule has 4 aromatic carbocycles. The summed E-state index contributed by atoms with van der Waals surface area (Å²) in [6.45, 7) is 1.91. The van der Waals surface area contributed by atoms with Gasteiger partial charge < -0.3 is 14.4 Å². The number of rotatable bonds is 5. The molecule has 3 amide bonds. The molecule has 9 heteroatoms. The van der Waals surface area contributed by atoms with E-state index in [0.29, 0.717) is 27.7 Å². The highest BCUT2D eigenvalue weighted by Crippen LogP contribution is 2.61. The van der Waals surface area contributed by atoms with Gasteiger partial charge in [-0.1, -0.05) is 60.1 Å². The molecule has 0 N–H and O–H groups in total. The smallest absolute Gasteiger partial charge is 0.316 e. The lowest BCUT2D eigenvalue weighted by Crippen LogP contribution is -2.41. The van der Waals surface area contributed by atoms with Crippen molar-refractivity contribution in [1.82, 2.24) is 0 Å². The van der Waals surface area contributed by atoms with Crippen molar-refractivity contribution in [3.63, 3.8) is 0 Å². The Labute approximate surface area is 270 Å². The number of hydrogen-bond acceptors (Lipinski definition) is 6. The first-order valence-corrected chi connectivity index (χ1v) is 15.7. The van der Waals surface area contributed by atoms with Crippen LogP contribution in [-0.4, -0.2) is 37.3 Å². The van der Waals surface area contributed by atoms with Crippen molar-refractivity contribution in [3.05, 3.63) is 118 Å². The van der Waals surface area contributed by atoms with Gasteiger partial charge in [0.15, 0.2) is 0 Å². The number of anilines is 2. The van der Waals surface area contributed by atoms with Crippen LogP contribution in [0.4, 0.5) is 11.4 Å². The number of carbonyl (C=O) groups is 4. The Morgan fingerprint density at radius 3 is 1.91 bits per heavy atom. The summed E-state index contributed by atoms with van der Waals surface area (Å²) in [4.78, 5) is 57.2. The van der Waals surface area contributed by atoms with Crippen LogP contribution in [0.15, 0.2) is 84.9 Å². The van der Waals surface area contributed by atoms with E-state index < -0.39 is 23.7 Å². The molecule has 2 bridgehead atoms. The maximum absolute atomic E-state index is 14.2. The van der Waals surface area contributed by atoms with Gasteiger partial charge in [-0.2, -0.15) is 0 Å². The molecule has 3 atom stereocenters. The summed E-state index contributed by atoms with van der Waals surface area (Å²) in [5.74, 6) is -2.49. The summed E-state index contributed by atoms with van der Waals surface area (Å²) in [6.07, 6.45) is -0.0156. The first kappa shape index (κ1) is 28.5. The number of benzene rings is 4. The zero-order chi connectivity index (χ0) is 31.9. The highest BCUT2D eigenvalue weighted by molar-refractivity contribution is 6.31. The number of aryl methyl sites for hydroxylation is 1. The van der Waals surface area contributed by atoms with Crippen molar-refractivity contribution in [2.45, 2.75) is 25.2 Å². The number of halogens is 1. The summed E-state index contributed by atoms with van der Waals surface area (Å²) in [5.41, 5.74) is 6.07. The number of ether oxygens (including phenoxy) is 2.